The molecule has 5 rings (SSSR count). The SMILES string of the molecule is O=C(c1ccccc1)[C@@H]1CCCN(C(=O)C[C@@]2(c3cccc(F)c3)CC(=O)N(C3CCCC3)C2=O)C1. The summed E-state index contributed by atoms with van der Waals surface area (Å²) >= 11 is 0. The maximum atomic E-state index is 14.3. The number of rotatable bonds is 6. The predicted molar refractivity (Wildman–Crippen MR) is 131 cm³/mol. The fraction of sp³-hybridized carbons (Fsp3) is 0.448. The van der Waals surface area contributed by atoms with Gasteiger partial charge in [-0.2, -0.15) is 0 Å². The second kappa shape index (κ2) is 9.96. The van der Waals surface area contributed by atoms with Crippen LogP contribution >= 0.6 is 0 Å². The number of imide groups is 1. The number of halogens is 1. The van der Waals surface area contributed by atoms with Gasteiger partial charge in [-0.3, -0.25) is 24.1 Å². The largest absolute Gasteiger partial charge is 0.342 e. The fourth-order valence-electron chi connectivity index (χ4n) is 6.17. The number of hydrogen-bond acceptors (Lipinski definition) is 4. The molecule has 2 atom stereocenters. The van der Waals surface area contributed by atoms with Gasteiger partial charge in [0, 0.05) is 43.5 Å². The van der Waals surface area contributed by atoms with Crippen LogP contribution in [0.25, 0.3) is 0 Å². The van der Waals surface area contributed by atoms with Gasteiger partial charge in [-0.15, -0.1) is 0 Å². The van der Waals surface area contributed by atoms with Crippen LogP contribution in [0.1, 0.15) is 67.3 Å². The molecule has 1 saturated carbocycles. The molecule has 2 heterocycles. The molecule has 2 saturated heterocycles. The summed E-state index contributed by atoms with van der Waals surface area (Å²) in [6.07, 6.45) is 4.47. The van der Waals surface area contributed by atoms with E-state index in [4.69, 9.17) is 0 Å². The molecule has 1 aliphatic carbocycles. The van der Waals surface area contributed by atoms with Crippen molar-refractivity contribution >= 4 is 23.5 Å². The maximum Gasteiger partial charge on any atom is 0.241 e. The smallest absolute Gasteiger partial charge is 0.241 e. The highest BCUT2D eigenvalue weighted by molar-refractivity contribution is 6.11. The first-order chi connectivity index (χ1) is 17.4. The van der Waals surface area contributed by atoms with Gasteiger partial charge in [-0.1, -0.05) is 55.3 Å². The Kier molecular flexibility index (Phi) is 6.73. The molecular weight excluding hydrogens is 459 g/mol. The van der Waals surface area contributed by atoms with Crippen molar-refractivity contribution in [3.63, 3.8) is 0 Å². The van der Waals surface area contributed by atoms with Crippen LogP contribution < -0.4 is 0 Å². The number of carbonyl (C=O) groups is 4. The van der Waals surface area contributed by atoms with E-state index >= 15 is 0 Å². The molecule has 0 spiro atoms. The molecule has 0 N–H and O–H groups in total. The zero-order chi connectivity index (χ0) is 25.3. The molecule has 188 valence electrons. The lowest BCUT2D eigenvalue weighted by Crippen LogP contribution is -2.48. The van der Waals surface area contributed by atoms with E-state index in [1.165, 1.54) is 23.1 Å². The Hall–Kier alpha value is -3.35. The van der Waals surface area contributed by atoms with Crippen LogP contribution in [-0.2, 0) is 19.8 Å². The Morgan fingerprint density at radius 2 is 1.69 bits per heavy atom. The molecule has 0 radical (unpaired) electrons. The van der Waals surface area contributed by atoms with E-state index in [9.17, 15) is 23.6 Å². The molecule has 3 aliphatic rings. The molecular formula is C29H31FN2O4. The van der Waals surface area contributed by atoms with Gasteiger partial charge in [0.25, 0.3) is 0 Å². The number of nitrogens with zero attached hydrogens (tertiary/aromatic N) is 2. The Bertz CT molecular complexity index is 1180. The molecule has 7 heteroatoms. The van der Waals surface area contributed by atoms with E-state index in [2.05, 4.69) is 0 Å². The van der Waals surface area contributed by atoms with Crippen molar-refractivity contribution in [1.29, 1.82) is 0 Å². The highest BCUT2D eigenvalue weighted by Crippen LogP contribution is 2.43. The summed E-state index contributed by atoms with van der Waals surface area (Å²) in [5.41, 5.74) is -0.435. The predicted octanol–water partition coefficient (Wildman–Crippen LogP) is 4.28. The number of likely N-dealkylation sites (tertiary alicyclic amines) is 2. The van der Waals surface area contributed by atoms with E-state index in [0.29, 0.717) is 30.5 Å². The van der Waals surface area contributed by atoms with Crippen LogP contribution in [-0.4, -0.2) is 52.4 Å². The lowest BCUT2D eigenvalue weighted by Gasteiger charge is -2.35. The number of amides is 3. The van der Waals surface area contributed by atoms with Crippen LogP contribution in [0.5, 0.6) is 0 Å². The summed E-state index contributed by atoms with van der Waals surface area (Å²) in [6.45, 7) is 0.769. The zero-order valence-corrected chi connectivity index (χ0v) is 20.3. The van der Waals surface area contributed by atoms with Crippen LogP contribution in [0.3, 0.4) is 0 Å². The highest BCUT2D eigenvalue weighted by Gasteiger charge is 2.56. The molecule has 2 aromatic rings. The minimum atomic E-state index is -1.42. The van der Waals surface area contributed by atoms with Gasteiger partial charge < -0.3 is 4.90 Å². The summed E-state index contributed by atoms with van der Waals surface area (Å²) < 4.78 is 14.3. The normalized spacial score (nSPS) is 25.0. The number of benzene rings is 2. The Morgan fingerprint density at radius 1 is 0.944 bits per heavy atom. The molecule has 2 aliphatic heterocycles. The van der Waals surface area contributed by atoms with Gasteiger partial charge >= 0.3 is 0 Å². The van der Waals surface area contributed by atoms with Crippen LogP contribution in [0.4, 0.5) is 4.39 Å². The van der Waals surface area contributed by atoms with Crippen molar-refractivity contribution in [3.8, 4) is 0 Å². The average molecular weight is 491 g/mol. The Balaban J connectivity index is 1.40. The quantitative estimate of drug-likeness (QED) is 0.448. The second-order valence-electron chi connectivity index (χ2n) is 10.4. The number of piperidine rings is 1. The first kappa shape index (κ1) is 24.3. The summed E-state index contributed by atoms with van der Waals surface area (Å²) in [5.74, 6) is -1.78. The Labute approximate surface area is 210 Å². The first-order valence-electron chi connectivity index (χ1n) is 12.9. The summed E-state index contributed by atoms with van der Waals surface area (Å²) in [4.78, 5) is 56.7. The molecule has 6 nitrogen and oxygen atoms in total. The van der Waals surface area contributed by atoms with E-state index in [-0.39, 0.29) is 48.9 Å². The summed E-state index contributed by atoms with van der Waals surface area (Å²) in [7, 11) is 0. The van der Waals surface area contributed by atoms with Crippen LogP contribution in [0.2, 0.25) is 0 Å². The van der Waals surface area contributed by atoms with E-state index in [1.54, 1.807) is 23.1 Å². The molecule has 3 fully saturated rings. The number of carbonyl (C=O) groups excluding carboxylic acids is 4. The van der Waals surface area contributed by atoms with Crippen molar-refractivity contribution in [2.75, 3.05) is 13.1 Å². The lowest BCUT2D eigenvalue weighted by molar-refractivity contribution is -0.145. The number of ketones is 1. The molecule has 2 aromatic carbocycles. The van der Waals surface area contributed by atoms with E-state index in [1.807, 2.05) is 18.2 Å². The van der Waals surface area contributed by atoms with Gasteiger partial charge in [0.1, 0.15) is 5.82 Å². The topological polar surface area (TPSA) is 74.8 Å². The standard InChI is InChI=1S/C29H31FN2O4/c30-23-12-6-11-22(16-23)29(18-26(34)32(28(29)36)24-13-4-5-14-24)17-25(33)31-15-7-10-21(19-31)27(35)20-8-2-1-3-9-20/h1-3,6,8-9,11-12,16,21,24H,4-5,7,10,13-15,17-19H2/t21-,29+/m1/s1. The van der Waals surface area contributed by atoms with Crippen molar-refractivity contribution in [2.45, 2.75) is 62.8 Å². The van der Waals surface area contributed by atoms with Gasteiger partial charge in [0.15, 0.2) is 5.78 Å². The van der Waals surface area contributed by atoms with Gasteiger partial charge in [-0.25, -0.2) is 4.39 Å². The van der Waals surface area contributed by atoms with Crippen LogP contribution in [0, 0.1) is 11.7 Å². The molecule has 36 heavy (non-hydrogen) atoms. The van der Waals surface area contributed by atoms with Crippen molar-refractivity contribution in [3.05, 3.63) is 71.5 Å². The Morgan fingerprint density at radius 3 is 2.42 bits per heavy atom. The van der Waals surface area contributed by atoms with Crippen molar-refractivity contribution in [2.24, 2.45) is 5.92 Å². The van der Waals surface area contributed by atoms with Crippen LogP contribution in [0.15, 0.2) is 54.6 Å². The minimum absolute atomic E-state index is 0.00692. The highest BCUT2D eigenvalue weighted by atomic mass is 19.1. The first-order valence-corrected chi connectivity index (χ1v) is 12.9. The zero-order valence-electron chi connectivity index (χ0n) is 20.3. The van der Waals surface area contributed by atoms with E-state index < -0.39 is 17.1 Å². The van der Waals surface area contributed by atoms with Gasteiger partial charge in [0.05, 0.1) is 5.41 Å². The molecule has 3 amide bonds. The number of Topliss-reactive ketones (excluding diaryl/α,β-unsaturated/α-hetero) is 1. The third-order valence-electron chi connectivity index (χ3n) is 8.07. The lowest BCUT2D eigenvalue weighted by atomic mass is 9.75. The summed E-state index contributed by atoms with van der Waals surface area (Å²) in [6, 6.07) is 14.6. The molecule has 0 bridgehead atoms. The third-order valence-corrected chi connectivity index (χ3v) is 8.07. The maximum absolute atomic E-state index is 14.3. The van der Waals surface area contributed by atoms with Gasteiger partial charge in [0.2, 0.25) is 17.7 Å². The average Bonchev–Trinajstić information content (AvgIpc) is 3.50. The minimum Gasteiger partial charge on any atom is -0.342 e. The van der Waals surface area contributed by atoms with Gasteiger partial charge in [-0.05, 0) is 43.4 Å². The molecule has 0 aromatic heterocycles. The fourth-order valence-corrected chi connectivity index (χ4v) is 6.17. The third kappa shape index (κ3) is 4.47. The van der Waals surface area contributed by atoms with Crippen molar-refractivity contribution < 1.29 is 23.6 Å². The van der Waals surface area contributed by atoms with E-state index in [0.717, 1.165) is 25.7 Å². The number of hydrogen-bond donors (Lipinski definition) is 0. The summed E-state index contributed by atoms with van der Waals surface area (Å²) in [5, 5.41) is 0. The molecule has 0 unspecified atom stereocenters. The monoisotopic (exact) mass is 490 g/mol. The second-order valence-corrected chi connectivity index (χ2v) is 10.4. The van der Waals surface area contributed by atoms with Crippen molar-refractivity contribution in [1.82, 2.24) is 9.80 Å².